The lowest BCUT2D eigenvalue weighted by molar-refractivity contribution is 0.0934. The van der Waals surface area contributed by atoms with Crippen molar-refractivity contribution in [2.45, 2.75) is 33.2 Å². The molecule has 1 atom stereocenters. The number of aryl methyl sites for hydroxylation is 1. The molecule has 0 aliphatic carbocycles. The van der Waals surface area contributed by atoms with Crippen molar-refractivity contribution < 1.29 is 9.53 Å². The minimum Gasteiger partial charge on any atom is -0.497 e. The van der Waals surface area contributed by atoms with Crippen molar-refractivity contribution in [3.05, 3.63) is 29.5 Å². The smallest absolute Gasteiger partial charge is 0.268 e. The molecule has 1 aromatic carbocycles. The van der Waals surface area contributed by atoms with Gasteiger partial charge in [0.15, 0.2) is 0 Å². The molecule has 2 N–H and O–H groups in total. The van der Waals surface area contributed by atoms with Gasteiger partial charge < -0.3 is 15.0 Å². The van der Waals surface area contributed by atoms with Crippen molar-refractivity contribution in [2.24, 2.45) is 0 Å². The average Bonchev–Trinajstić information content (AvgIpc) is 2.75. The van der Waals surface area contributed by atoms with Gasteiger partial charge in [-0.25, -0.2) is 0 Å². The zero-order valence-corrected chi connectivity index (χ0v) is 11.8. The van der Waals surface area contributed by atoms with Crippen LogP contribution >= 0.6 is 0 Å². The van der Waals surface area contributed by atoms with Crippen molar-refractivity contribution in [3.63, 3.8) is 0 Å². The molecule has 0 radical (unpaired) electrons. The van der Waals surface area contributed by atoms with E-state index in [9.17, 15) is 4.79 Å². The summed E-state index contributed by atoms with van der Waals surface area (Å²) in [5, 5.41) is 4.03. The first-order valence-corrected chi connectivity index (χ1v) is 6.54. The van der Waals surface area contributed by atoms with E-state index in [4.69, 9.17) is 4.74 Å². The van der Waals surface area contributed by atoms with Crippen molar-refractivity contribution in [1.29, 1.82) is 0 Å². The van der Waals surface area contributed by atoms with Crippen LogP contribution in [0.3, 0.4) is 0 Å². The molecule has 0 aliphatic heterocycles. The van der Waals surface area contributed by atoms with E-state index < -0.39 is 0 Å². The monoisotopic (exact) mass is 260 g/mol. The molecule has 1 amide bonds. The Morgan fingerprint density at radius 2 is 2.21 bits per heavy atom. The normalized spacial score (nSPS) is 12.4. The topological polar surface area (TPSA) is 54.1 Å². The fourth-order valence-corrected chi connectivity index (χ4v) is 2.07. The predicted octanol–water partition coefficient (Wildman–Crippen LogP) is 3.01. The molecule has 1 unspecified atom stereocenters. The number of nitrogens with one attached hydrogen (secondary N) is 2. The molecule has 4 heteroatoms. The van der Waals surface area contributed by atoms with Gasteiger partial charge in [-0.15, -0.1) is 0 Å². The van der Waals surface area contributed by atoms with E-state index in [1.807, 2.05) is 39.0 Å². The van der Waals surface area contributed by atoms with Gasteiger partial charge in [-0.1, -0.05) is 6.92 Å². The van der Waals surface area contributed by atoms with Gasteiger partial charge >= 0.3 is 0 Å². The van der Waals surface area contributed by atoms with E-state index >= 15 is 0 Å². The molecule has 0 saturated carbocycles. The van der Waals surface area contributed by atoms with Crippen LogP contribution < -0.4 is 10.1 Å². The van der Waals surface area contributed by atoms with Crippen molar-refractivity contribution in [1.82, 2.24) is 10.3 Å². The lowest BCUT2D eigenvalue weighted by atomic mass is 10.1. The molecule has 19 heavy (non-hydrogen) atoms. The number of hydrogen-bond donors (Lipinski definition) is 2. The summed E-state index contributed by atoms with van der Waals surface area (Å²) in [4.78, 5) is 15.4. The third-order valence-electron chi connectivity index (χ3n) is 3.48. The maximum atomic E-state index is 12.2. The second-order valence-electron chi connectivity index (χ2n) is 4.82. The number of ether oxygens (including phenoxy) is 1. The highest BCUT2D eigenvalue weighted by Crippen LogP contribution is 2.25. The number of H-pyrrole nitrogens is 1. The Morgan fingerprint density at radius 3 is 2.84 bits per heavy atom. The third-order valence-corrected chi connectivity index (χ3v) is 3.48. The molecule has 1 heterocycles. The van der Waals surface area contributed by atoms with Gasteiger partial charge in [-0.2, -0.15) is 0 Å². The van der Waals surface area contributed by atoms with Crippen molar-refractivity contribution in [3.8, 4) is 5.75 Å². The molecule has 0 saturated heterocycles. The molecule has 2 aromatic rings. The summed E-state index contributed by atoms with van der Waals surface area (Å²) in [6.45, 7) is 6.00. The molecular weight excluding hydrogens is 240 g/mol. The Hall–Kier alpha value is -1.97. The van der Waals surface area contributed by atoms with Crippen LogP contribution in [0.5, 0.6) is 5.75 Å². The van der Waals surface area contributed by atoms with Gasteiger partial charge in [0.1, 0.15) is 11.4 Å². The SMILES string of the molecule is CCC(C)NC(=O)c1[nH]c2cc(OC)ccc2c1C. The van der Waals surface area contributed by atoms with Gasteiger partial charge in [-0.05, 0) is 38.0 Å². The zero-order valence-electron chi connectivity index (χ0n) is 11.8. The number of aromatic amines is 1. The fraction of sp³-hybridized carbons (Fsp3) is 0.400. The fourth-order valence-electron chi connectivity index (χ4n) is 2.07. The van der Waals surface area contributed by atoms with E-state index in [-0.39, 0.29) is 11.9 Å². The Balaban J connectivity index is 2.38. The lowest BCUT2D eigenvalue weighted by Gasteiger charge is -2.10. The first-order chi connectivity index (χ1) is 9.06. The summed E-state index contributed by atoms with van der Waals surface area (Å²) in [5.74, 6) is 0.727. The highest BCUT2D eigenvalue weighted by atomic mass is 16.5. The quantitative estimate of drug-likeness (QED) is 0.887. The number of fused-ring (bicyclic) bond motifs is 1. The van der Waals surface area contributed by atoms with E-state index in [2.05, 4.69) is 10.3 Å². The van der Waals surface area contributed by atoms with Crippen molar-refractivity contribution >= 4 is 16.8 Å². The van der Waals surface area contributed by atoms with Crippen LogP contribution in [-0.2, 0) is 0 Å². The van der Waals surface area contributed by atoms with Crippen LogP contribution in [0.15, 0.2) is 18.2 Å². The van der Waals surface area contributed by atoms with Crippen LogP contribution in [-0.4, -0.2) is 24.0 Å². The number of carbonyl (C=O) groups is 1. The number of rotatable bonds is 4. The molecule has 0 bridgehead atoms. The van der Waals surface area contributed by atoms with Crippen LogP contribution in [0.4, 0.5) is 0 Å². The standard InChI is InChI=1S/C15H20N2O2/c1-5-9(2)16-15(18)14-10(3)12-7-6-11(19-4)8-13(12)17-14/h6-9,17H,5H2,1-4H3,(H,16,18). The minimum absolute atomic E-state index is 0.0537. The molecule has 2 rings (SSSR count). The highest BCUT2D eigenvalue weighted by molar-refractivity contribution is 6.01. The largest absolute Gasteiger partial charge is 0.497 e. The van der Waals surface area contributed by atoms with Gasteiger partial charge in [-0.3, -0.25) is 4.79 Å². The summed E-state index contributed by atoms with van der Waals surface area (Å²) in [6, 6.07) is 5.95. The lowest BCUT2D eigenvalue weighted by Crippen LogP contribution is -2.32. The Bertz CT molecular complexity index is 601. The maximum absolute atomic E-state index is 12.2. The van der Waals surface area contributed by atoms with Crippen LogP contribution in [0.2, 0.25) is 0 Å². The number of amides is 1. The van der Waals surface area contributed by atoms with Gasteiger partial charge in [0, 0.05) is 23.0 Å². The van der Waals surface area contributed by atoms with Crippen LogP contribution in [0.1, 0.15) is 36.3 Å². The molecule has 4 nitrogen and oxygen atoms in total. The second-order valence-corrected chi connectivity index (χ2v) is 4.82. The number of methoxy groups -OCH3 is 1. The van der Waals surface area contributed by atoms with E-state index in [0.717, 1.165) is 28.6 Å². The maximum Gasteiger partial charge on any atom is 0.268 e. The number of aromatic nitrogens is 1. The summed E-state index contributed by atoms with van der Waals surface area (Å²) in [7, 11) is 1.63. The molecule has 0 aliphatic rings. The Morgan fingerprint density at radius 1 is 1.47 bits per heavy atom. The summed E-state index contributed by atoms with van der Waals surface area (Å²) >= 11 is 0. The third kappa shape index (κ3) is 2.57. The zero-order chi connectivity index (χ0) is 14.0. The summed E-state index contributed by atoms with van der Waals surface area (Å²) < 4.78 is 5.19. The van der Waals surface area contributed by atoms with E-state index in [1.165, 1.54) is 0 Å². The van der Waals surface area contributed by atoms with Gasteiger partial charge in [0.05, 0.1) is 7.11 Å². The molecule has 102 valence electrons. The van der Waals surface area contributed by atoms with E-state index in [1.54, 1.807) is 7.11 Å². The molecular formula is C15H20N2O2. The molecule has 0 spiro atoms. The number of benzene rings is 1. The molecule has 0 fully saturated rings. The molecule has 1 aromatic heterocycles. The minimum atomic E-state index is -0.0537. The Labute approximate surface area is 113 Å². The second kappa shape index (κ2) is 5.34. The predicted molar refractivity (Wildman–Crippen MR) is 76.8 cm³/mol. The Kier molecular flexibility index (Phi) is 3.79. The van der Waals surface area contributed by atoms with Crippen LogP contribution in [0, 0.1) is 6.92 Å². The van der Waals surface area contributed by atoms with Gasteiger partial charge in [0.2, 0.25) is 0 Å². The first-order valence-electron chi connectivity index (χ1n) is 6.54. The summed E-state index contributed by atoms with van der Waals surface area (Å²) in [6.07, 6.45) is 0.916. The highest BCUT2D eigenvalue weighted by Gasteiger charge is 2.16. The van der Waals surface area contributed by atoms with E-state index in [0.29, 0.717) is 5.69 Å². The number of hydrogen-bond acceptors (Lipinski definition) is 2. The van der Waals surface area contributed by atoms with Crippen molar-refractivity contribution in [2.75, 3.05) is 7.11 Å². The average molecular weight is 260 g/mol. The van der Waals surface area contributed by atoms with Crippen LogP contribution in [0.25, 0.3) is 10.9 Å². The number of carbonyl (C=O) groups excluding carboxylic acids is 1. The first kappa shape index (κ1) is 13.5. The summed E-state index contributed by atoms with van der Waals surface area (Å²) in [5.41, 5.74) is 2.52. The van der Waals surface area contributed by atoms with Gasteiger partial charge in [0.25, 0.3) is 5.91 Å².